The average Bonchev–Trinajstić information content (AvgIpc) is 3.00. The first kappa shape index (κ1) is 24.9. The number of nitrogens with one attached hydrogen (secondary N) is 1. The van der Waals surface area contributed by atoms with Gasteiger partial charge in [-0.3, -0.25) is 0 Å². The molecule has 0 spiro atoms. The molecule has 1 N–H and O–H groups in total. The highest BCUT2D eigenvalue weighted by Gasteiger charge is 2.39. The molecule has 2 aliphatic rings. The average molecular weight is 480 g/mol. The van der Waals surface area contributed by atoms with Crippen LogP contribution in [0.2, 0.25) is 0 Å². The predicted octanol–water partition coefficient (Wildman–Crippen LogP) is 5.19. The van der Waals surface area contributed by atoms with Crippen molar-refractivity contribution in [3.63, 3.8) is 0 Å². The lowest BCUT2D eigenvalue weighted by molar-refractivity contribution is -0.0427. The van der Waals surface area contributed by atoms with E-state index < -0.39 is 11.7 Å². The van der Waals surface area contributed by atoms with Crippen molar-refractivity contribution in [1.29, 1.82) is 0 Å². The van der Waals surface area contributed by atoms with Gasteiger partial charge < -0.3 is 24.6 Å². The molecule has 7 heteroatoms. The summed E-state index contributed by atoms with van der Waals surface area (Å²) in [7, 11) is 1.72. The highest BCUT2D eigenvalue weighted by molar-refractivity contribution is 5.71. The summed E-state index contributed by atoms with van der Waals surface area (Å²) in [6.45, 7) is 11.2. The Labute approximate surface area is 208 Å². The lowest BCUT2D eigenvalue weighted by Crippen LogP contribution is -2.57. The van der Waals surface area contributed by atoms with Gasteiger partial charge in [0.15, 0.2) is 0 Å². The number of benzene rings is 2. The molecule has 4 rings (SSSR count). The molecule has 0 aromatic heterocycles. The fourth-order valence-corrected chi connectivity index (χ4v) is 4.69. The monoisotopic (exact) mass is 479 g/mol. The smallest absolute Gasteiger partial charge is 0.410 e. The standard InChI is InChI=1S/C28H37N3O4/c1-27(2,3)35-26(33)31-17-22(18-31)34-25(32)30(6)16-19-11-13-21(14-12-19)29-24-15-20-9-7-8-10-23(20)28(24,4)5/h7-14,22,24,29H,15-18H2,1-6H3. The lowest BCUT2D eigenvalue weighted by atomic mass is 9.83. The van der Waals surface area contributed by atoms with E-state index in [4.69, 9.17) is 9.47 Å². The quantitative estimate of drug-likeness (QED) is 0.639. The summed E-state index contributed by atoms with van der Waals surface area (Å²) in [5.74, 6) is 0. The summed E-state index contributed by atoms with van der Waals surface area (Å²) in [6, 6.07) is 17.2. The molecule has 1 saturated heterocycles. The molecule has 35 heavy (non-hydrogen) atoms. The van der Waals surface area contributed by atoms with E-state index in [-0.39, 0.29) is 17.6 Å². The second-order valence-electron chi connectivity index (χ2n) is 11.2. The number of fused-ring (bicyclic) bond motifs is 1. The van der Waals surface area contributed by atoms with Crippen molar-refractivity contribution in [1.82, 2.24) is 9.80 Å². The van der Waals surface area contributed by atoms with Gasteiger partial charge in [0, 0.05) is 30.7 Å². The van der Waals surface area contributed by atoms with E-state index in [9.17, 15) is 9.59 Å². The van der Waals surface area contributed by atoms with Gasteiger partial charge in [0.05, 0.1) is 13.1 Å². The molecular weight excluding hydrogens is 442 g/mol. The zero-order valence-corrected chi connectivity index (χ0v) is 21.6. The molecule has 0 bridgehead atoms. The second kappa shape index (κ2) is 9.44. The number of rotatable bonds is 5. The van der Waals surface area contributed by atoms with Crippen molar-refractivity contribution in [3.8, 4) is 0 Å². The van der Waals surface area contributed by atoms with Crippen LogP contribution in [0.4, 0.5) is 15.3 Å². The van der Waals surface area contributed by atoms with Gasteiger partial charge in [-0.1, -0.05) is 50.2 Å². The fourth-order valence-electron chi connectivity index (χ4n) is 4.69. The van der Waals surface area contributed by atoms with Crippen LogP contribution in [0.5, 0.6) is 0 Å². The summed E-state index contributed by atoms with van der Waals surface area (Å²) >= 11 is 0. The number of ether oxygens (including phenoxy) is 2. The van der Waals surface area contributed by atoms with Crippen molar-refractivity contribution in [2.75, 3.05) is 25.5 Å². The second-order valence-corrected chi connectivity index (χ2v) is 11.2. The molecule has 7 nitrogen and oxygen atoms in total. The normalized spacial score (nSPS) is 18.9. The lowest BCUT2D eigenvalue weighted by Gasteiger charge is -2.39. The van der Waals surface area contributed by atoms with Crippen LogP contribution in [-0.4, -0.2) is 59.9 Å². The van der Waals surface area contributed by atoms with Crippen molar-refractivity contribution in [3.05, 3.63) is 65.2 Å². The Bertz CT molecular complexity index is 1070. The highest BCUT2D eigenvalue weighted by atomic mass is 16.6. The van der Waals surface area contributed by atoms with Crippen LogP contribution in [0.25, 0.3) is 0 Å². The van der Waals surface area contributed by atoms with Gasteiger partial charge in [0.1, 0.15) is 11.7 Å². The minimum atomic E-state index is -0.539. The molecule has 1 atom stereocenters. The molecule has 0 saturated carbocycles. The molecule has 188 valence electrons. The summed E-state index contributed by atoms with van der Waals surface area (Å²) in [5.41, 5.74) is 4.43. The zero-order chi connectivity index (χ0) is 25.4. The maximum atomic E-state index is 12.5. The third kappa shape index (κ3) is 5.72. The minimum Gasteiger partial charge on any atom is -0.444 e. The molecule has 1 unspecified atom stereocenters. The maximum absolute atomic E-state index is 12.5. The molecule has 1 heterocycles. The molecular formula is C28H37N3O4. The third-order valence-corrected chi connectivity index (χ3v) is 6.80. The summed E-state index contributed by atoms with van der Waals surface area (Å²) in [5, 5.41) is 3.70. The number of carbonyl (C=O) groups is 2. The molecule has 1 fully saturated rings. The first-order chi connectivity index (χ1) is 16.4. The fraction of sp³-hybridized carbons (Fsp3) is 0.500. The Hall–Kier alpha value is -3.22. The Balaban J connectivity index is 1.24. The molecule has 1 aliphatic carbocycles. The summed E-state index contributed by atoms with van der Waals surface area (Å²) in [4.78, 5) is 27.6. The van der Waals surface area contributed by atoms with E-state index in [0.29, 0.717) is 25.7 Å². The van der Waals surface area contributed by atoms with Gasteiger partial charge in [-0.05, 0) is 56.0 Å². The summed E-state index contributed by atoms with van der Waals surface area (Å²) in [6.07, 6.45) is -0.0716. The van der Waals surface area contributed by atoms with Crippen LogP contribution in [0.15, 0.2) is 48.5 Å². The van der Waals surface area contributed by atoms with E-state index >= 15 is 0 Å². The summed E-state index contributed by atoms with van der Waals surface area (Å²) < 4.78 is 10.9. The van der Waals surface area contributed by atoms with Crippen molar-refractivity contribution in [2.45, 2.75) is 70.7 Å². The van der Waals surface area contributed by atoms with Gasteiger partial charge >= 0.3 is 12.2 Å². The number of nitrogens with zero attached hydrogens (tertiary/aromatic N) is 2. The van der Waals surface area contributed by atoms with Crippen LogP contribution in [0.1, 0.15) is 51.3 Å². The Morgan fingerprint density at radius 2 is 1.74 bits per heavy atom. The minimum absolute atomic E-state index is 0.0554. The van der Waals surface area contributed by atoms with Crippen LogP contribution >= 0.6 is 0 Å². The van der Waals surface area contributed by atoms with Gasteiger partial charge in [-0.2, -0.15) is 0 Å². The SMILES string of the molecule is CN(Cc1ccc(NC2Cc3ccccc3C2(C)C)cc1)C(=O)OC1CN(C(=O)OC(C)(C)C)C1. The highest BCUT2D eigenvalue weighted by Crippen LogP contribution is 2.39. The number of amides is 2. The van der Waals surface area contributed by atoms with Gasteiger partial charge in [-0.15, -0.1) is 0 Å². The third-order valence-electron chi connectivity index (χ3n) is 6.80. The Morgan fingerprint density at radius 1 is 1.09 bits per heavy atom. The van der Waals surface area contributed by atoms with Gasteiger partial charge in [0.25, 0.3) is 0 Å². The number of hydrogen-bond donors (Lipinski definition) is 1. The Morgan fingerprint density at radius 3 is 2.37 bits per heavy atom. The van der Waals surface area contributed by atoms with Crippen molar-refractivity contribution < 1.29 is 19.1 Å². The molecule has 2 aromatic carbocycles. The van der Waals surface area contributed by atoms with Crippen molar-refractivity contribution in [2.24, 2.45) is 0 Å². The maximum Gasteiger partial charge on any atom is 0.410 e. The first-order valence-corrected chi connectivity index (χ1v) is 12.3. The topological polar surface area (TPSA) is 71.1 Å². The van der Waals surface area contributed by atoms with Gasteiger partial charge in [-0.25, -0.2) is 9.59 Å². The number of likely N-dealkylation sites (tertiary alicyclic amines) is 1. The van der Waals surface area contributed by atoms with Gasteiger partial charge in [0.2, 0.25) is 0 Å². The molecule has 2 aromatic rings. The van der Waals surface area contributed by atoms with E-state index in [1.165, 1.54) is 11.1 Å². The van der Waals surface area contributed by atoms with Crippen molar-refractivity contribution >= 4 is 17.9 Å². The predicted molar refractivity (Wildman–Crippen MR) is 137 cm³/mol. The van der Waals surface area contributed by atoms with Crippen LogP contribution in [0, 0.1) is 0 Å². The number of anilines is 1. The number of hydrogen-bond acceptors (Lipinski definition) is 5. The molecule has 0 radical (unpaired) electrons. The van der Waals surface area contributed by atoms with Crippen LogP contribution in [-0.2, 0) is 27.9 Å². The molecule has 2 amide bonds. The van der Waals surface area contributed by atoms with Crippen LogP contribution in [0.3, 0.4) is 0 Å². The van der Waals surface area contributed by atoms with E-state index in [1.807, 2.05) is 32.9 Å². The van der Waals surface area contributed by atoms with E-state index in [1.54, 1.807) is 16.8 Å². The zero-order valence-electron chi connectivity index (χ0n) is 21.6. The first-order valence-electron chi connectivity index (χ1n) is 12.3. The largest absolute Gasteiger partial charge is 0.444 e. The Kier molecular flexibility index (Phi) is 6.71. The van der Waals surface area contributed by atoms with E-state index in [0.717, 1.165) is 17.7 Å². The number of carbonyl (C=O) groups excluding carboxylic acids is 2. The van der Waals surface area contributed by atoms with E-state index in [2.05, 4.69) is 55.6 Å². The molecule has 1 aliphatic heterocycles. The van der Waals surface area contributed by atoms with Crippen LogP contribution < -0.4 is 5.32 Å².